The fraction of sp³-hybridized carbons (Fsp3) is 0.462. The molecule has 1 unspecified atom stereocenters. The minimum atomic E-state index is -0.00946. The van der Waals surface area contributed by atoms with Crippen LogP contribution < -0.4 is 5.32 Å². The third-order valence-corrected chi connectivity index (χ3v) is 4.15. The molecule has 17 heavy (non-hydrogen) atoms. The molecule has 4 heteroatoms. The maximum absolute atomic E-state index is 12.0. The van der Waals surface area contributed by atoms with Gasteiger partial charge in [0, 0.05) is 16.3 Å². The molecule has 1 amide bonds. The molecule has 1 rings (SSSR count). The largest absolute Gasteiger partial charge is 0.349 e. The summed E-state index contributed by atoms with van der Waals surface area (Å²) in [5, 5.41) is 3.01. The van der Waals surface area contributed by atoms with Crippen molar-refractivity contribution in [1.82, 2.24) is 5.32 Å². The minimum absolute atomic E-state index is 0.00946. The van der Waals surface area contributed by atoms with E-state index in [1.165, 1.54) is 0 Å². The van der Waals surface area contributed by atoms with Gasteiger partial charge in [0.1, 0.15) is 0 Å². The van der Waals surface area contributed by atoms with Crippen LogP contribution in [0.2, 0.25) is 0 Å². The highest BCUT2D eigenvalue weighted by Crippen LogP contribution is 2.18. The first kappa shape index (κ1) is 14.6. The van der Waals surface area contributed by atoms with E-state index in [-0.39, 0.29) is 11.9 Å². The third-order valence-electron chi connectivity index (χ3n) is 2.32. The fourth-order valence-electron chi connectivity index (χ4n) is 1.45. The lowest BCUT2D eigenvalue weighted by Gasteiger charge is -2.14. The van der Waals surface area contributed by atoms with Crippen LogP contribution in [0.5, 0.6) is 0 Å². The maximum atomic E-state index is 12.0. The van der Waals surface area contributed by atoms with E-state index >= 15 is 0 Å². The molecule has 0 saturated heterocycles. The van der Waals surface area contributed by atoms with Gasteiger partial charge in [0.2, 0.25) is 0 Å². The number of benzene rings is 1. The zero-order valence-electron chi connectivity index (χ0n) is 10.4. The second kappa shape index (κ2) is 7.07. The number of amides is 1. The van der Waals surface area contributed by atoms with Crippen molar-refractivity contribution in [2.75, 3.05) is 11.5 Å². The van der Waals surface area contributed by atoms with Crippen molar-refractivity contribution in [3.05, 3.63) is 33.8 Å². The Hall–Kier alpha value is -0.480. The zero-order chi connectivity index (χ0) is 12.8. The Labute approximate surface area is 116 Å². The highest BCUT2D eigenvalue weighted by atomic mass is 79.9. The topological polar surface area (TPSA) is 29.1 Å². The molecule has 0 aromatic heterocycles. The summed E-state index contributed by atoms with van der Waals surface area (Å²) in [6, 6.07) is 5.99. The molecule has 1 aromatic carbocycles. The first-order valence-corrected chi connectivity index (χ1v) is 7.64. The lowest BCUT2D eigenvalue weighted by Crippen LogP contribution is -2.34. The Balaban J connectivity index is 2.66. The van der Waals surface area contributed by atoms with Gasteiger partial charge in [-0.3, -0.25) is 4.79 Å². The van der Waals surface area contributed by atoms with Crippen molar-refractivity contribution in [3.8, 4) is 0 Å². The molecule has 0 saturated carbocycles. The Morgan fingerprint density at radius 3 is 2.88 bits per heavy atom. The highest BCUT2D eigenvalue weighted by Gasteiger charge is 2.12. The molecule has 1 atom stereocenters. The van der Waals surface area contributed by atoms with Crippen LogP contribution in [0.3, 0.4) is 0 Å². The van der Waals surface area contributed by atoms with E-state index < -0.39 is 0 Å². The van der Waals surface area contributed by atoms with Crippen LogP contribution in [0.1, 0.15) is 29.8 Å². The predicted molar refractivity (Wildman–Crippen MR) is 78.8 cm³/mol. The quantitative estimate of drug-likeness (QED) is 0.899. The van der Waals surface area contributed by atoms with Crippen LogP contribution in [-0.2, 0) is 0 Å². The second-order valence-corrected chi connectivity index (χ2v) is 6.19. The summed E-state index contributed by atoms with van der Waals surface area (Å²) < 4.78 is 0.843. The smallest absolute Gasteiger partial charge is 0.252 e. The molecule has 0 spiro atoms. The first-order chi connectivity index (χ1) is 8.04. The molecule has 1 N–H and O–H groups in total. The van der Waals surface area contributed by atoms with Crippen molar-refractivity contribution >= 4 is 33.6 Å². The van der Waals surface area contributed by atoms with Crippen molar-refractivity contribution in [2.24, 2.45) is 0 Å². The SMILES string of the molecule is CCSCC(C)NC(=O)c1cc(C)ccc1Br. The van der Waals surface area contributed by atoms with Gasteiger partial charge in [0.25, 0.3) is 5.91 Å². The van der Waals surface area contributed by atoms with Crippen LogP contribution in [0.4, 0.5) is 0 Å². The molecule has 0 fully saturated rings. The van der Waals surface area contributed by atoms with Crippen molar-refractivity contribution in [1.29, 1.82) is 0 Å². The van der Waals surface area contributed by atoms with Crippen LogP contribution >= 0.6 is 27.7 Å². The van der Waals surface area contributed by atoms with E-state index in [9.17, 15) is 4.79 Å². The third kappa shape index (κ3) is 4.72. The average Bonchev–Trinajstić information content (AvgIpc) is 2.29. The summed E-state index contributed by atoms with van der Waals surface area (Å²) in [7, 11) is 0. The summed E-state index contributed by atoms with van der Waals surface area (Å²) >= 11 is 5.24. The van der Waals surface area contributed by atoms with E-state index in [2.05, 4.69) is 28.2 Å². The van der Waals surface area contributed by atoms with E-state index in [4.69, 9.17) is 0 Å². The molecule has 0 aliphatic heterocycles. The van der Waals surface area contributed by atoms with E-state index in [1.807, 2.05) is 43.8 Å². The summed E-state index contributed by atoms with van der Waals surface area (Å²) in [5.74, 6) is 2.02. The number of nitrogens with one attached hydrogen (secondary N) is 1. The molecule has 2 nitrogen and oxygen atoms in total. The Bertz CT molecular complexity index is 395. The summed E-state index contributed by atoms with van der Waals surface area (Å²) in [6.07, 6.45) is 0. The van der Waals surface area contributed by atoms with Crippen LogP contribution in [-0.4, -0.2) is 23.5 Å². The zero-order valence-corrected chi connectivity index (χ0v) is 12.8. The lowest BCUT2D eigenvalue weighted by atomic mass is 10.1. The molecular weight excluding hydrogens is 298 g/mol. The normalized spacial score (nSPS) is 12.2. The molecule has 0 heterocycles. The van der Waals surface area contributed by atoms with Gasteiger partial charge in [0.15, 0.2) is 0 Å². The van der Waals surface area contributed by atoms with Gasteiger partial charge >= 0.3 is 0 Å². The average molecular weight is 316 g/mol. The van der Waals surface area contributed by atoms with Crippen LogP contribution in [0, 0.1) is 6.92 Å². The number of hydrogen-bond acceptors (Lipinski definition) is 2. The number of aryl methyl sites for hydroxylation is 1. The summed E-state index contributed by atoms with van der Waals surface area (Å²) in [6.45, 7) is 6.14. The van der Waals surface area contributed by atoms with Gasteiger partial charge in [-0.15, -0.1) is 0 Å². The van der Waals surface area contributed by atoms with E-state index in [0.717, 1.165) is 21.5 Å². The number of carbonyl (C=O) groups excluding carboxylic acids is 1. The van der Waals surface area contributed by atoms with Crippen molar-refractivity contribution in [2.45, 2.75) is 26.8 Å². The fourth-order valence-corrected chi connectivity index (χ4v) is 2.55. The monoisotopic (exact) mass is 315 g/mol. The minimum Gasteiger partial charge on any atom is -0.349 e. The number of halogens is 1. The molecule has 0 aliphatic rings. The van der Waals surface area contributed by atoms with Gasteiger partial charge in [-0.1, -0.05) is 18.6 Å². The molecule has 0 aliphatic carbocycles. The Kier molecular flexibility index (Phi) is 6.06. The molecule has 0 bridgehead atoms. The Morgan fingerprint density at radius 1 is 1.53 bits per heavy atom. The second-order valence-electron chi connectivity index (χ2n) is 4.02. The number of thioether (sulfide) groups is 1. The van der Waals surface area contributed by atoms with Crippen molar-refractivity contribution in [3.63, 3.8) is 0 Å². The van der Waals surface area contributed by atoms with Crippen molar-refractivity contribution < 1.29 is 4.79 Å². The maximum Gasteiger partial charge on any atom is 0.252 e. The van der Waals surface area contributed by atoms with E-state index in [1.54, 1.807) is 0 Å². The number of carbonyl (C=O) groups is 1. The molecule has 0 radical (unpaired) electrons. The number of rotatable bonds is 5. The highest BCUT2D eigenvalue weighted by molar-refractivity contribution is 9.10. The lowest BCUT2D eigenvalue weighted by molar-refractivity contribution is 0.0943. The number of hydrogen-bond donors (Lipinski definition) is 1. The van der Waals surface area contributed by atoms with Gasteiger partial charge in [-0.25, -0.2) is 0 Å². The van der Waals surface area contributed by atoms with Gasteiger partial charge in [-0.05, 0) is 47.7 Å². The summed E-state index contributed by atoms with van der Waals surface area (Å²) in [4.78, 5) is 12.0. The van der Waals surface area contributed by atoms with Gasteiger partial charge < -0.3 is 5.32 Å². The predicted octanol–water partition coefficient (Wildman–Crippen LogP) is 3.63. The van der Waals surface area contributed by atoms with Crippen LogP contribution in [0.25, 0.3) is 0 Å². The van der Waals surface area contributed by atoms with Gasteiger partial charge in [-0.2, -0.15) is 11.8 Å². The van der Waals surface area contributed by atoms with Gasteiger partial charge in [0.05, 0.1) is 5.56 Å². The molecule has 1 aromatic rings. The van der Waals surface area contributed by atoms with E-state index in [0.29, 0.717) is 5.56 Å². The first-order valence-electron chi connectivity index (χ1n) is 5.69. The Morgan fingerprint density at radius 2 is 2.24 bits per heavy atom. The standard InChI is InChI=1S/C13H18BrNOS/c1-4-17-8-10(3)15-13(16)11-7-9(2)5-6-12(11)14/h5-7,10H,4,8H2,1-3H3,(H,15,16). The molecule has 94 valence electrons. The van der Waals surface area contributed by atoms with Crippen LogP contribution in [0.15, 0.2) is 22.7 Å². The molecular formula is C13H18BrNOS. The summed E-state index contributed by atoms with van der Waals surface area (Å²) in [5.41, 5.74) is 1.80.